The number of rotatable bonds is 5. The van der Waals surface area contributed by atoms with Gasteiger partial charge in [-0.1, -0.05) is 29.1 Å². The Hall–Kier alpha value is -2.65. The second-order valence-corrected chi connectivity index (χ2v) is 7.27. The summed E-state index contributed by atoms with van der Waals surface area (Å²) in [5, 5.41) is 7.14. The number of hydrogen-bond acceptors (Lipinski definition) is 8. The van der Waals surface area contributed by atoms with Crippen LogP contribution in [0.4, 0.5) is 0 Å². The van der Waals surface area contributed by atoms with Crippen LogP contribution < -0.4 is 10.3 Å². The lowest BCUT2D eigenvalue weighted by atomic mass is 10.2. The summed E-state index contributed by atoms with van der Waals surface area (Å²) in [5.41, 5.74) is 0.760. The third-order valence-corrected chi connectivity index (χ3v) is 5.61. The first-order valence-electron chi connectivity index (χ1n) is 7.70. The Kier molecular flexibility index (Phi) is 4.48. The third-order valence-electron chi connectivity index (χ3n) is 3.78. The summed E-state index contributed by atoms with van der Waals surface area (Å²) >= 11 is 2.84. The molecule has 0 saturated heterocycles. The molecule has 3 heterocycles. The third kappa shape index (κ3) is 3.11. The Labute approximate surface area is 156 Å². The standard InChI is InChI=1S/C17H14N4O3S2/c1-21-16(22)12-6-7-25-15(12)19-17(21)26-9-13-18-14(20-24-13)10-4-3-5-11(8-10)23-2/h3-8H,9H2,1-2H3. The van der Waals surface area contributed by atoms with Gasteiger partial charge in [-0.2, -0.15) is 4.98 Å². The van der Waals surface area contributed by atoms with E-state index in [1.165, 1.54) is 23.1 Å². The van der Waals surface area contributed by atoms with Crippen LogP contribution in [0.15, 0.2) is 50.2 Å². The van der Waals surface area contributed by atoms with Crippen LogP contribution in [-0.4, -0.2) is 26.8 Å². The number of aromatic nitrogens is 4. The van der Waals surface area contributed by atoms with Crippen LogP contribution in [0.25, 0.3) is 21.6 Å². The molecule has 0 fully saturated rings. The molecular formula is C17H14N4O3S2. The highest BCUT2D eigenvalue weighted by Crippen LogP contribution is 2.25. The molecule has 0 aliphatic rings. The van der Waals surface area contributed by atoms with Gasteiger partial charge in [0.1, 0.15) is 10.6 Å². The molecule has 7 nitrogen and oxygen atoms in total. The van der Waals surface area contributed by atoms with E-state index < -0.39 is 0 Å². The Morgan fingerprint density at radius 2 is 2.19 bits per heavy atom. The Balaban J connectivity index is 1.55. The Morgan fingerprint density at radius 1 is 1.31 bits per heavy atom. The molecule has 26 heavy (non-hydrogen) atoms. The summed E-state index contributed by atoms with van der Waals surface area (Å²) < 4.78 is 12.1. The van der Waals surface area contributed by atoms with E-state index in [9.17, 15) is 4.79 Å². The molecule has 0 spiro atoms. The van der Waals surface area contributed by atoms with Crippen molar-refractivity contribution in [3.63, 3.8) is 0 Å². The van der Waals surface area contributed by atoms with Crippen LogP contribution >= 0.6 is 23.1 Å². The Bertz CT molecular complexity index is 1130. The number of hydrogen-bond donors (Lipinski definition) is 0. The molecule has 1 aromatic carbocycles. The van der Waals surface area contributed by atoms with Gasteiger partial charge >= 0.3 is 0 Å². The maximum atomic E-state index is 12.3. The average Bonchev–Trinajstić information content (AvgIpc) is 3.33. The fourth-order valence-electron chi connectivity index (χ4n) is 2.43. The minimum atomic E-state index is -0.0543. The van der Waals surface area contributed by atoms with Crippen LogP contribution in [0.5, 0.6) is 5.75 Å². The quantitative estimate of drug-likeness (QED) is 0.384. The van der Waals surface area contributed by atoms with Crippen molar-refractivity contribution in [2.75, 3.05) is 7.11 Å². The minimum absolute atomic E-state index is 0.0543. The summed E-state index contributed by atoms with van der Waals surface area (Å²) in [5.74, 6) is 2.11. The van der Waals surface area contributed by atoms with Gasteiger partial charge < -0.3 is 9.26 Å². The second kappa shape index (κ2) is 6.93. The summed E-state index contributed by atoms with van der Waals surface area (Å²) in [6.07, 6.45) is 0. The maximum Gasteiger partial charge on any atom is 0.262 e. The van der Waals surface area contributed by atoms with Crippen molar-refractivity contribution in [1.29, 1.82) is 0 Å². The highest BCUT2D eigenvalue weighted by atomic mass is 32.2. The van der Waals surface area contributed by atoms with Gasteiger partial charge in [-0.25, -0.2) is 4.98 Å². The molecule has 0 amide bonds. The highest BCUT2D eigenvalue weighted by Gasteiger charge is 2.13. The maximum absolute atomic E-state index is 12.3. The number of thiophene rings is 1. The van der Waals surface area contributed by atoms with Crippen molar-refractivity contribution in [3.05, 3.63) is 52.0 Å². The first kappa shape index (κ1) is 16.8. The zero-order chi connectivity index (χ0) is 18.1. The summed E-state index contributed by atoms with van der Waals surface area (Å²) in [6.45, 7) is 0. The topological polar surface area (TPSA) is 83.0 Å². The second-order valence-electron chi connectivity index (χ2n) is 5.43. The van der Waals surface area contributed by atoms with Crippen molar-refractivity contribution in [1.82, 2.24) is 19.7 Å². The monoisotopic (exact) mass is 386 g/mol. The molecule has 0 N–H and O–H groups in total. The molecule has 0 radical (unpaired) electrons. The number of nitrogens with zero attached hydrogens (tertiary/aromatic N) is 4. The van der Waals surface area contributed by atoms with Gasteiger partial charge in [-0.15, -0.1) is 11.3 Å². The van der Waals surface area contributed by atoms with E-state index in [1.54, 1.807) is 24.8 Å². The minimum Gasteiger partial charge on any atom is -0.497 e. The molecule has 0 atom stereocenters. The van der Waals surface area contributed by atoms with Crippen molar-refractivity contribution < 1.29 is 9.26 Å². The number of thioether (sulfide) groups is 1. The van der Waals surface area contributed by atoms with Gasteiger partial charge in [0.2, 0.25) is 11.7 Å². The van der Waals surface area contributed by atoms with E-state index >= 15 is 0 Å². The van der Waals surface area contributed by atoms with Gasteiger partial charge in [0, 0.05) is 12.6 Å². The van der Waals surface area contributed by atoms with Crippen molar-refractivity contribution in [3.8, 4) is 17.1 Å². The molecule has 0 aliphatic carbocycles. The first-order valence-corrected chi connectivity index (χ1v) is 9.56. The van der Waals surface area contributed by atoms with Crippen LogP contribution in [0.1, 0.15) is 5.89 Å². The number of ether oxygens (including phenoxy) is 1. The molecule has 132 valence electrons. The molecule has 0 unspecified atom stereocenters. The normalized spacial score (nSPS) is 11.2. The number of benzene rings is 1. The van der Waals surface area contributed by atoms with Gasteiger partial charge in [0.15, 0.2) is 5.16 Å². The van der Waals surface area contributed by atoms with Gasteiger partial charge in [0.25, 0.3) is 5.56 Å². The molecule has 0 saturated carbocycles. The van der Waals surface area contributed by atoms with Crippen LogP contribution in [-0.2, 0) is 12.8 Å². The van der Waals surface area contributed by atoms with Gasteiger partial charge in [-0.3, -0.25) is 9.36 Å². The number of fused-ring (bicyclic) bond motifs is 1. The van der Waals surface area contributed by atoms with E-state index in [0.29, 0.717) is 28.0 Å². The molecular weight excluding hydrogens is 372 g/mol. The first-order chi connectivity index (χ1) is 12.7. The molecule has 0 bridgehead atoms. The summed E-state index contributed by atoms with van der Waals surface area (Å²) in [7, 11) is 3.32. The van der Waals surface area contributed by atoms with Crippen molar-refractivity contribution >= 4 is 33.3 Å². The average molecular weight is 386 g/mol. The highest BCUT2D eigenvalue weighted by molar-refractivity contribution is 7.98. The van der Waals surface area contributed by atoms with Crippen molar-refractivity contribution in [2.45, 2.75) is 10.9 Å². The Morgan fingerprint density at radius 3 is 3.04 bits per heavy atom. The van der Waals surface area contributed by atoms with Gasteiger partial charge in [0.05, 0.1) is 18.2 Å². The van der Waals surface area contributed by atoms with Crippen LogP contribution in [0.2, 0.25) is 0 Å². The molecule has 4 aromatic rings. The zero-order valence-corrected chi connectivity index (χ0v) is 15.6. The van der Waals surface area contributed by atoms with Crippen LogP contribution in [0.3, 0.4) is 0 Å². The lowest BCUT2D eigenvalue weighted by Crippen LogP contribution is -2.19. The van der Waals surface area contributed by atoms with E-state index in [0.717, 1.165) is 16.1 Å². The lowest BCUT2D eigenvalue weighted by Gasteiger charge is -2.05. The summed E-state index contributed by atoms with van der Waals surface area (Å²) in [6, 6.07) is 9.25. The molecule has 4 rings (SSSR count). The predicted octanol–water partition coefficient (Wildman–Crippen LogP) is 3.35. The van der Waals surface area contributed by atoms with E-state index in [-0.39, 0.29) is 5.56 Å². The van der Waals surface area contributed by atoms with Crippen LogP contribution in [0, 0.1) is 0 Å². The predicted molar refractivity (Wildman–Crippen MR) is 101 cm³/mol. The van der Waals surface area contributed by atoms with Gasteiger partial charge in [-0.05, 0) is 23.6 Å². The van der Waals surface area contributed by atoms with E-state index in [1.807, 2.05) is 29.6 Å². The van der Waals surface area contributed by atoms with E-state index in [4.69, 9.17) is 9.26 Å². The SMILES string of the molecule is COc1cccc(-c2noc(CSc3nc4sccc4c(=O)n3C)n2)c1. The summed E-state index contributed by atoms with van der Waals surface area (Å²) in [4.78, 5) is 22.0. The van der Waals surface area contributed by atoms with Crippen molar-refractivity contribution in [2.24, 2.45) is 7.05 Å². The fourth-order valence-corrected chi connectivity index (χ4v) is 4.04. The fraction of sp³-hybridized carbons (Fsp3) is 0.176. The molecule has 9 heteroatoms. The molecule has 0 aliphatic heterocycles. The zero-order valence-electron chi connectivity index (χ0n) is 14.0. The lowest BCUT2D eigenvalue weighted by molar-refractivity contribution is 0.391. The molecule has 3 aromatic heterocycles. The number of methoxy groups -OCH3 is 1. The largest absolute Gasteiger partial charge is 0.497 e. The van der Waals surface area contributed by atoms with E-state index in [2.05, 4.69) is 15.1 Å². The smallest absolute Gasteiger partial charge is 0.262 e.